The summed E-state index contributed by atoms with van der Waals surface area (Å²) in [6.45, 7) is 1.42. The van der Waals surface area contributed by atoms with Gasteiger partial charge in [-0.2, -0.15) is 0 Å². The first kappa shape index (κ1) is 28.5. The molecule has 1 atom stereocenters. The summed E-state index contributed by atoms with van der Waals surface area (Å²) in [5.41, 5.74) is 19.7. The van der Waals surface area contributed by atoms with Crippen molar-refractivity contribution in [2.24, 2.45) is 5.73 Å². The summed E-state index contributed by atoms with van der Waals surface area (Å²) in [6.07, 6.45) is 6.85. The molecule has 0 radical (unpaired) electrons. The first-order valence-corrected chi connectivity index (χ1v) is 16.7. The van der Waals surface area contributed by atoms with Crippen LogP contribution in [0.15, 0.2) is 79.0 Å². The Balaban J connectivity index is 1.29. The zero-order chi connectivity index (χ0) is 30.6. The van der Waals surface area contributed by atoms with E-state index in [0.717, 1.165) is 71.5 Å². The predicted octanol–water partition coefficient (Wildman–Crippen LogP) is 4.54. The Morgan fingerprint density at radius 2 is 1.77 bits per heavy atom. The van der Waals surface area contributed by atoms with Crippen molar-refractivity contribution < 1.29 is 8.42 Å². The van der Waals surface area contributed by atoms with Gasteiger partial charge in [-0.15, -0.1) is 0 Å². The third-order valence-corrected chi connectivity index (χ3v) is 10.6. The predicted molar refractivity (Wildman–Crippen MR) is 175 cm³/mol. The highest BCUT2D eigenvalue weighted by atomic mass is 32.2. The molecule has 2 aromatic carbocycles. The third kappa shape index (κ3) is 5.00. The second-order valence-corrected chi connectivity index (χ2v) is 14.1. The van der Waals surface area contributed by atoms with Gasteiger partial charge in [-0.05, 0) is 79.8 Å². The molecular formula is C33H36N8O2S. The number of fused-ring (bicyclic) bond motifs is 1. The molecule has 4 heterocycles. The molecule has 0 unspecified atom stereocenters. The minimum atomic E-state index is -3.25. The lowest BCUT2D eigenvalue weighted by Gasteiger charge is -2.38. The van der Waals surface area contributed by atoms with Crippen LogP contribution < -0.4 is 16.4 Å². The van der Waals surface area contributed by atoms with E-state index in [-0.39, 0.29) is 11.6 Å². The summed E-state index contributed by atoms with van der Waals surface area (Å²) in [4.78, 5) is 16.7. The maximum Gasteiger partial charge on any atom is 0.211 e. The zero-order valence-corrected chi connectivity index (χ0v) is 25.7. The van der Waals surface area contributed by atoms with Crippen LogP contribution in [0.1, 0.15) is 31.2 Å². The maximum atomic E-state index is 12.1. The largest absolute Gasteiger partial charge is 0.383 e. The van der Waals surface area contributed by atoms with Gasteiger partial charge < -0.3 is 16.4 Å². The van der Waals surface area contributed by atoms with E-state index in [9.17, 15) is 8.42 Å². The fourth-order valence-corrected chi connectivity index (χ4v) is 7.06. The zero-order valence-electron chi connectivity index (χ0n) is 24.9. The number of nitrogens with zero attached hydrogens (tertiary/aromatic N) is 6. The molecule has 4 N–H and O–H groups in total. The Kier molecular flexibility index (Phi) is 6.91. The van der Waals surface area contributed by atoms with E-state index in [1.54, 1.807) is 13.2 Å². The Morgan fingerprint density at radius 1 is 0.977 bits per heavy atom. The molecule has 5 aromatic rings. The van der Waals surface area contributed by atoms with E-state index in [1.807, 2.05) is 41.0 Å². The van der Waals surface area contributed by atoms with Crippen LogP contribution in [-0.4, -0.2) is 64.7 Å². The highest BCUT2D eigenvalue weighted by Crippen LogP contribution is 2.39. The van der Waals surface area contributed by atoms with Crippen molar-refractivity contribution in [3.8, 4) is 28.3 Å². The molecule has 0 spiro atoms. The number of hydrogen-bond acceptors (Lipinski definition) is 8. The van der Waals surface area contributed by atoms with Crippen molar-refractivity contribution in [1.29, 1.82) is 0 Å². The standard InChI is InChI=1S/C33H36N8O2S/c1-39(44(2,42)43)26-15-19-40(21-26)25-7-3-6-22(20-25)28-13-14-29-32(37-28)41(31(38-29)27-8-4-18-36-30(27)34)24-11-9-23(10-12-24)33(35)16-5-17-33/h3-4,6-14,18,20,26H,5,15-17,19,21,35H2,1-2H3,(H2,34,36)/t26-/m0/s1. The number of nitrogens with two attached hydrogens (primary N) is 2. The van der Waals surface area contributed by atoms with Crippen molar-refractivity contribution in [3.63, 3.8) is 0 Å². The van der Waals surface area contributed by atoms with Crippen molar-refractivity contribution in [3.05, 3.63) is 84.6 Å². The highest BCUT2D eigenvalue weighted by Gasteiger charge is 2.34. The van der Waals surface area contributed by atoms with Crippen LogP contribution in [0.2, 0.25) is 0 Å². The van der Waals surface area contributed by atoms with Crippen LogP contribution in [0.25, 0.3) is 39.5 Å². The first-order chi connectivity index (χ1) is 21.1. The molecular weight excluding hydrogens is 572 g/mol. The van der Waals surface area contributed by atoms with Gasteiger partial charge >= 0.3 is 0 Å². The molecule has 1 aliphatic carbocycles. The minimum Gasteiger partial charge on any atom is -0.383 e. The normalized spacial score (nSPS) is 18.2. The molecule has 44 heavy (non-hydrogen) atoms. The number of rotatable bonds is 7. The van der Waals surface area contributed by atoms with E-state index in [4.69, 9.17) is 21.4 Å². The minimum absolute atomic E-state index is 0.0550. The van der Waals surface area contributed by atoms with Gasteiger partial charge in [0.2, 0.25) is 10.0 Å². The number of aromatic nitrogens is 4. The number of nitrogen functional groups attached to an aromatic ring is 1. The van der Waals surface area contributed by atoms with Crippen LogP contribution in [-0.2, 0) is 15.6 Å². The number of likely N-dealkylation sites (N-methyl/N-ethyl adjacent to an activating group) is 1. The number of hydrogen-bond donors (Lipinski definition) is 2. The second kappa shape index (κ2) is 10.7. The van der Waals surface area contributed by atoms with Crippen LogP contribution in [0, 0.1) is 0 Å². The molecule has 1 aliphatic heterocycles. The Bertz CT molecular complexity index is 1970. The molecule has 1 saturated carbocycles. The molecule has 2 fully saturated rings. The summed E-state index contributed by atoms with van der Waals surface area (Å²) >= 11 is 0. The van der Waals surface area contributed by atoms with Crippen LogP contribution in [0.4, 0.5) is 11.5 Å². The summed E-state index contributed by atoms with van der Waals surface area (Å²) < 4.78 is 27.7. The maximum absolute atomic E-state index is 12.1. The molecule has 3 aromatic heterocycles. The molecule has 7 rings (SSSR count). The molecule has 2 aliphatic rings. The van der Waals surface area contributed by atoms with E-state index in [2.05, 4.69) is 46.3 Å². The topological polar surface area (TPSA) is 136 Å². The van der Waals surface area contributed by atoms with E-state index in [1.165, 1.54) is 10.6 Å². The second-order valence-electron chi connectivity index (χ2n) is 12.0. The third-order valence-electron chi connectivity index (χ3n) is 9.24. The van der Waals surface area contributed by atoms with Gasteiger partial charge in [0.25, 0.3) is 0 Å². The van der Waals surface area contributed by atoms with E-state index in [0.29, 0.717) is 23.8 Å². The molecule has 0 bridgehead atoms. The average molecular weight is 609 g/mol. The molecule has 11 heteroatoms. The van der Waals surface area contributed by atoms with Gasteiger partial charge in [0.1, 0.15) is 11.3 Å². The Morgan fingerprint density at radius 3 is 2.48 bits per heavy atom. The van der Waals surface area contributed by atoms with Crippen molar-refractivity contribution in [2.45, 2.75) is 37.3 Å². The average Bonchev–Trinajstić information content (AvgIpc) is 3.65. The lowest BCUT2D eigenvalue weighted by atomic mass is 9.73. The van der Waals surface area contributed by atoms with Gasteiger partial charge in [0.15, 0.2) is 11.5 Å². The Hall–Kier alpha value is -4.32. The monoisotopic (exact) mass is 608 g/mol. The summed E-state index contributed by atoms with van der Waals surface area (Å²) in [7, 11) is -1.59. The van der Waals surface area contributed by atoms with Crippen molar-refractivity contribution in [1.82, 2.24) is 23.8 Å². The van der Waals surface area contributed by atoms with Gasteiger partial charge in [-0.1, -0.05) is 24.3 Å². The fraction of sp³-hybridized carbons (Fsp3) is 0.303. The van der Waals surface area contributed by atoms with Gasteiger partial charge in [-0.3, -0.25) is 4.57 Å². The Labute approximate surface area is 257 Å². The number of imidazole rings is 1. The summed E-state index contributed by atoms with van der Waals surface area (Å²) in [6, 6.07) is 24.3. The number of benzene rings is 2. The summed E-state index contributed by atoms with van der Waals surface area (Å²) in [5, 5.41) is 0. The van der Waals surface area contributed by atoms with Crippen LogP contribution >= 0.6 is 0 Å². The summed E-state index contributed by atoms with van der Waals surface area (Å²) in [5.74, 6) is 1.07. The van der Waals surface area contributed by atoms with Crippen molar-refractivity contribution in [2.75, 3.05) is 37.0 Å². The molecule has 10 nitrogen and oxygen atoms in total. The number of sulfonamides is 1. The SMILES string of the molecule is CN([C@H]1CCN(c2cccc(-c3ccc4nc(-c5cccnc5N)n(-c5ccc(C6(N)CCC6)cc5)c4n3)c2)C1)S(C)(=O)=O. The van der Waals surface area contributed by atoms with Gasteiger partial charge in [0, 0.05) is 54.9 Å². The quantitative estimate of drug-likeness (QED) is 0.275. The molecule has 226 valence electrons. The first-order valence-electron chi connectivity index (χ1n) is 14.9. The lowest BCUT2D eigenvalue weighted by molar-refractivity contribution is 0.253. The molecule has 0 amide bonds. The van der Waals surface area contributed by atoms with E-state index < -0.39 is 10.0 Å². The van der Waals surface area contributed by atoms with Crippen molar-refractivity contribution >= 4 is 32.7 Å². The highest BCUT2D eigenvalue weighted by molar-refractivity contribution is 7.88. The van der Waals surface area contributed by atoms with Crippen LogP contribution in [0.5, 0.6) is 0 Å². The van der Waals surface area contributed by atoms with Gasteiger partial charge in [-0.25, -0.2) is 27.7 Å². The van der Waals surface area contributed by atoms with E-state index >= 15 is 0 Å². The smallest absolute Gasteiger partial charge is 0.211 e. The lowest BCUT2D eigenvalue weighted by Crippen LogP contribution is -2.43. The number of pyridine rings is 2. The molecule has 1 saturated heterocycles. The van der Waals surface area contributed by atoms with Gasteiger partial charge in [0.05, 0.1) is 17.5 Å². The number of anilines is 2. The van der Waals surface area contributed by atoms with Crippen LogP contribution in [0.3, 0.4) is 0 Å². The fourth-order valence-electron chi connectivity index (χ4n) is 6.34.